The van der Waals surface area contributed by atoms with Crippen LogP contribution in [0.5, 0.6) is 0 Å². The van der Waals surface area contributed by atoms with Crippen molar-refractivity contribution in [1.29, 1.82) is 0 Å². The van der Waals surface area contributed by atoms with Gasteiger partial charge in [0.2, 0.25) is 0 Å². The van der Waals surface area contributed by atoms with Crippen LogP contribution in [0, 0.1) is 5.92 Å². The van der Waals surface area contributed by atoms with Crippen molar-refractivity contribution < 1.29 is 9.53 Å². The van der Waals surface area contributed by atoms with E-state index in [2.05, 4.69) is 10.1 Å². The van der Waals surface area contributed by atoms with Gasteiger partial charge in [0, 0.05) is 19.2 Å². The Labute approximate surface area is 105 Å². The maximum atomic E-state index is 11.7. The Kier molecular flexibility index (Phi) is 2.54. The molecule has 5 nitrogen and oxygen atoms in total. The minimum absolute atomic E-state index is 0.0226. The molecule has 0 radical (unpaired) electrons. The van der Waals surface area contributed by atoms with Crippen molar-refractivity contribution in [2.24, 2.45) is 13.0 Å². The van der Waals surface area contributed by atoms with Gasteiger partial charge in [0.25, 0.3) is 0 Å². The molecule has 0 aliphatic heterocycles. The monoisotopic (exact) mass is 245 g/mol. The van der Waals surface area contributed by atoms with E-state index in [4.69, 9.17) is 4.74 Å². The van der Waals surface area contributed by atoms with Crippen LogP contribution in [-0.4, -0.2) is 27.3 Å². The van der Waals surface area contributed by atoms with Gasteiger partial charge >= 0.3 is 5.97 Å². The zero-order valence-electron chi connectivity index (χ0n) is 10.5. The van der Waals surface area contributed by atoms with Gasteiger partial charge in [0.1, 0.15) is 11.0 Å². The number of esters is 1. The summed E-state index contributed by atoms with van der Waals surface area (Å²) < 4.78 is 6.89. The number of pyridine rings is 1. The smallest absolute Gasteiger partial charge is 0.309 e. The lowest BCUT2D eigenvalue weighted by molar-refractivity contribution is -0.144. The molecule has 5 heteroatoms. The molecule has 2 aromatic heterocycles. The first-order valence-electron chi connectivity index (χ1n) is 6.16. The number of aryl methyl sites for hydroxylation is 1. The highest BCUT2D eigenvalue weighted by Crippen LogP contribution is 2.49. The van der Waals surface area contributed by atoms with Gasteiger partial charge in [0.15, 0.2) is 0 Å². The second kappa shape index (κ2) is 4.08. The third-order valence-electron chi connectivity index (χ3n) is 3.37. The molecular formula is C13H15N3O2. The number of fused-ring (bicyclic) bond motifs is 1. The van der Waals surface area contributed by atoms with E-state index in [1.54, 1.807) is 6.20 Å². The quantitative estimate of drug-likeness (QED) is 0.771. The van der Waals surface area contributed by atoms with E-state index < -0.39 is 0 Å². The van der Waals surface area contributed by atoms with Gasteiger partial charge in [-0.25, -0.2) is 0 Å². The zero-order chi connectivity index (χ0) is 12.7. The van der Waals surface area contributed by atoms with Gasteiger partial charge in [-0.2, -0.15) is 5.10 Å². The molecule has 1 aliphatic carbocycles. The summed E-state index contributed by atoms with van der Waals surface area (Å²) in [7, 11) is 1.90. The topological polar surface area (TPSA) is 57.0 Å². The molecule has 18 heavy (non-hydrogen) atoms. The summed E-state index contributed by atoms with van der Waals surface area (Å²) >= 11 is 0. The van der Waals surface area contributed by atoms with E-state index in [-0.39, 0.29) is 17.8 Å². The van der Waals surface area contributed by atoms with Gasteiger partial charge in [-0.15, -0.1) is 0 Å². The van der Waals surface area contributed by atoms with Gasteiger partial charge in [-0.3, -0.25) is 14.5 Å². The normalized spacial score (nSPS) is 22.1. The molecule has 1 saturated carbocycles. The first-order chi connectivity index (χ1) is 8.72. The molecule has 0 amide bonds. The van der Waals surface area contributed by atoms with Crippen molar-refractivity contribution in [3.63, 3.8) is 0 Å². The van der Waals surface area contributed by atoms with Crippen LogP contribution in [0.1, 0.15) is 25.0 Å². The van der Waals surface area contributed by atoms with Crippen molar-refractivity contribution in [1.82, 2.24) is 14.8 Å². The second-order valence-corrected chi connectivity index (χ2v) is 4.58. The summed E-state index contributed by atoms with van der Waals surface area (Å²) in [5.41, 5.74) is 2.82. The van der Waals surface area contributed by atoms with E-state index in [9.17, 15) is 4.79 Å². The average molecular weight is 245 g/mol. The predicted octanol–water partition coefficient (Wildman–Crippen LogP) is 1.63. The summed E-state index contributed by atoms with van der Waals surface area (Å²) in [4.78, 5) is 16.1. The first kappa shape index (κ1) is 11.2. The largest absolute Gasteiger partial charge is 0.466 e. The van der Waals surface area contributed by atoms with Gasteiger partial charge in [0.05, 0.1) is 18.2 Å². The van der Waals surface area contributed by atoms with E-state index in [1.807, 2.05) is 30.8 Å². The van der Waals surface area contributed by atoms with Crippen molar-refractivity contribution >= 4 is 17.0 Å². The van der Waals surface area contributed by atoms with Crippen LogP contribution in [0.25, 0.3) is 11.0 Å². The lowest BCUT2D eigenvalue weighted by Crippen LogP contribution is -2.08. The molecule has 3 rings (SSSR count). The van der Waals surface area contributed by atoms with Crippen LogP contribution < -0.4 is 0 Å². The Morgan fingerprint density at radius 1 is 1.61 bits per heavy atom. The van der Waals surface area contributed by atoms with Gasteiger partial charge in [-0.05, 0) is 25.5 Å². The van der Waals surface area contributed by atoms with E-state index in [0.29, 0.717) is 6.61 Å². The van der Waals surface area contributed by atoms with E-state index >= 15 is 0 Å². The Balaban J connectivity index is 1.92. The first-order valence-corrected chi connectivity index (χ1v) is 6.16. The molecule has 1 aliphatic rings. The fraction of sp³-hybridized carbons (Fsp3) is 0.462. The number of hydrogen-bond acceptors (Lipinski definition) is 4. The molecule has 0 N–H and O–H groups in total. The predicted molar refractivity (Wildman–Crippen MR) is 66.0 cm³/mol. The van der Waals surface area contributed by atoms with Crippen LogP contribution in [0.2, 0.25) is 0 Å². The van der Waals surface area contributed by atoms with E-state index in [0.717, 1.165) is 23.1 Å². The van der Waals surface area contributed by atoms with Crippen molar-refractivity contribution in [3.8, 4) is 0 Å². The Bertz CT molecular complexity index is 605. The maximum Gasteiger partial charge on any atom is 0.309 e. The van der Waals surface area contributed by atoms with Crippen LogP contribution >= 0.6 is 0 Å². The van der Waals surface area contributed by atoms with E-state index in [1.165, 1.54) is 0 Å². The number of ether oxygens (including phenoxy) is 1. The lowest BCUT2D eigenvalue weighted by atomic mass is 10.2. The molecular weight excluding hydrogens is 230 g/mol. The highest BCUT2D eigenvalue weighted by atomic mass is 16.5. The summed E-state index contributed by atoms with van der Waals surface area (Å²) in [6.45, 7) is 2.27. The van der Waals surface area contributed by atoms with Crippen molar-refractivity contribution in [3.05, 3.63) is 24.0 Å². The van der Waals surface area contributed by atoms with Crippen LogP contribution in [0.4, 0.5) is 0 Å². The molecule has 1 fully saturated rings. The minimum Gasteiger partial charge on any atom is -0.466 e. The van der Waals surface area contributed by atoms with Crippen molar-refractivity contribution in [2.45, 2.75) is 19.3 Å². The SMILES string of the molecule is CCOC(=O)C1CC1c1c2ncccc2nn1C. The average Bonchev–Trinajstić information content (AvgIpc) is 3.06. The number of aromatic nitrogens is 3. The standard InChI is InChI=1S/C13H15N3O2/c1-3-18-13(17)9-7-8(9)12-11-10(15-16(12)2)5-4-6-14-11/h4-6,8-9H,3,7H2,1-2H3. The van der Waals surface area contributed by atoms with Crippen LogP contribution in [-0.2, 0) is 16.6 Å². The lowest BCUT2D eigenvalue weighted by Gasteiger charge is -2.02. The summed E-state index contributed by atoms with van der Waals surface area (Å²) in [6, 6.07) is 3.81. The maximum absolute atomic E-state index is 11.7. The van der Waals surface area contributed by atoms with Gasteiger partial charge in [-0.1, -0.05) is 0 Å². The Morgan fingerprint density at radius 3 is 3.22 bits per heavy atom. The van der Waals surface area contributed by atoms with Gasteiger partial charge < -0.3 is 4.74 Å². The van der Waals surface area contributed by atoms with Crippen molar-refractivity contribution in [2.75, 3.05) is 6.61 Å². The third-order valence-corrected chi connectivity index (χ3v) is 3.37. The third kappa shape index (κ3) is 1.66. The Hall–Kier alpha value is -1.91. The van der Waals surface area contributed by atoms with Crippen LogP contribution in [0.3, 0.4) is 0 Å². The zero-order valence-corrected chi connectivity index (χ0v) is 10.5. The molecule has 94 valence electrons. The molecule has 2 heterocycles. The molecule has 0 saturated heterocycles. The molecule has 0 spiro atoms. The number of hydrogen-bond donors (Lipinski definition) is 0. The molecule has 0 bridgehead atoms. The highest BCUT2D eigenvalue weighted by molar-refractivity contribution is 5.82. The number of carbonyl (C=O) groups excluding carboxylic acids is 1. The number of carbonyl (C=O) groups is 1. The molecule has 2 aromatic rings. The fourth-order valence-electron chi connectivity index (χ4n) is 2.47. The summed E-state index contributed by atoms with van der Waals surface area (Å²) in [5.74, 6) is 0.0762. The molecule has 0 aromatic carbocycles. The number of rotatable bonds is 3. The number of nitrogens with zero attached hydrogens (tertiary/aromatic N) is 3. The minimum atomic E-state index is -0.104. The van der Waals surface area contributed by atoms with Crippen LogP contribution in [0.15, 0.2) is 18.3 Å². The molecule has 2 unspecified atom stereocenters. The fourth-order valence-corrected chi connectivity index (χ4v) is 2.47. The summed E-state index contributed by atoms with van der Waals surface area (Å²) in [5, 5.41) is 4.42. The molecule has 2 atom stereocenters. The highest BCUT2D eigenvalue weighted by Gasteiger charge is 2.47. The summed E-state index contributed by atoms with van der Waals surface area (Å²) in [6.07, 6.45) is 2.60. The Morgan fingerprint density at radius 2 is 2.44 bits per heavy atom. The second-order valence-electron chi connectivity index (χ2n) is 4.58.